The quantitative estimate of drug-likeness (QED) is 0.0261. The molecular formula is C64H110O6. The summed E-state index contributed by atoms with van der Waals surface area (Å²) >= 11 is 0. The number of rotatable bonds is 53. The highest BCUT2D eigenvalue weighted by Crippen LogP contribution is 2.16. The first kappa shape index (κ1) is 66.6. The Balaban J connectivity index is 4.30. The molecule has 402 valence electrons. The first-order valence-corrected chi connectivity index (χ1v) is 29.6. The summed E-state index contributed by atoms with van der Waals surface area (Å²) in [4.78, 5) is 38.1. The van der Waals surface area contributed by atoms with E-state index >= 15 is 0 Å². The summed E-state index contributed by atoms with van der Waals surface area (Å²) < 4.78 is 16.8. The first-order chi connectivity index (χ1) is 34.5. The number of esters is 3. The number of hydrogen-bond donors (Lipinski definition) is 0. The van der Waals surface area contributed by atoms with E-state index in [0.29, 0.717) is 19.3 Å². The number of carbonyl (C=O) groups is 3. The molecule has 6 heteroatoms. The van der Waals surface area contributed by atoms with Crippen LogP contribution in [0, 0.1) is 0 Å². The average Bonchev–Trinajstić information content (AvgIpc) is 3.36. The minimum Gasteiger partial charge on any atom is -0.462 e. The second-order valence-electron chi connectivity index (χ2n) is 19.5. The van der Waals surface area contributed by atoms with Gasteiger partial charge in [0, 0.05) is 19.3 Å². The average molecular weight is 976 g/mol. The Morgan fingerprint density at radius 1 is 0.300 bits per heavy atom. The van der Waals surface area contributed by atoms with Gasteiger partial charge in [-0.2, -0.15) is 0 Å². The second kappa shape index (κ2) is 58.2. The van der Waals surface area contributed by atoms with Crippen LogP contribution in [0.15, 0.2) is 85.1 Å². The van der Waals surface area contributed by atoms with E-state index in [9.17, 15) is 14.4 Å². The van der Waals surface area contributed by atoms with Crippen LogP contribution in [0.25, 0.3) is 0 Å². The lowest BCUT2D eigenvalue weighted by Gasteiger charge is -2.18. The SMILES string of the molecule is CC/C=C\C/C=C\C/C=C\C/C=C\C/C=C\C/C=C\CCCCCCCCC(=O)OCC(COC(=O)CCCCCCC/C=C\CCC)OC(=O)CCCCCCCCCCCCCCCCCCC. The summed E-state index contributed by atoms with van der Waals surface area (Å²) in [5.74, 6) is -0.900. The highest BCUT2D eigenvalue weighted by atomic mass is 16.6. The second-order valence-corrected chi connectivity index (χ2v) is 19.5. The van der Waals surface area contributed by atoms with Crippen molar-refractivity contribution in [2.45, 2.75) is 290 Å². The molecule has 0 saturated carbocycles. The molecular weight excluding hydrogens is 865 g/mol. The molecule has 0 amide bonds. The van der Waals surface area contributed by atoms with Gasteiger partial charge in [-0.05, 0) is 89.9 Å². The summed E-state index contributed by atoms with van der Waals surface area (Å²) in [6.45, 7) is 6.47. The van der Waals surface area contributed by atoms with Crippen molar-refractivity contribution in [1.82, 2.24) is 0 Å². The maximum Gasteiger partial charge on any atom is 0.306 e. The van der Waals surface area contributed by atoms with Crippen molar-refractivity contribution in [3.05, 3.63) is 85.1 Å². The van der Waals surface area contributed by atoms with Crippen molar-refractivity contribution in [3.8, 4) is 0 Å². The molecule has 0 bridgehead atoms. The van der Waals surface area contributed by atoms with Crippen molar-refractivity contribution in [3.63, 3.8) is 0 Å². The zero-order valence-corrected chi connectivity index (χ0v) is 46.0. The minimum absolute atomic E-state index is 0.0838. The van der Waals surface area contributed by atoms with Crippen molar-refractivity contribution in [2.24, 2.45) is 0 Å². The minimum atomic E-state index is -0.784. The normalized spacial score (nSPS) is 12.7. The molecule has 6 nitrogen and oxygen atoms in total. The van der Waals surface area contributed by atoms with Gasteiger partial charge in [0.25, 0.3) is 0 Å². The summed E-state index contributed by atoms with van der Waals surface area (Å²) in [6.07, 6.45) is 75.8. The zero-order valence-electron chi connectivity index (χ0n) is 46.0. The van der Waals surface area contributed by atoms with Gasteiger partial charge in [-0.25, -0.2) is 0 Å². The topological polar surface area (TPSA) is 78.9 Å². The first-order valence-electron chi connectivity index (χ1n) is 29.6. The lowest BCUT2D eigenvalue weighted by atomic mass is 10.0. The Morgan fingerprint density at radius 3 is 0.943 bits per heavy atom. The van der Waals surface area contributed by atoms with Gasteiger partial charge in [0.1, 0.15) is 13.2 Å². The molecule has 0 aromatic carbocycles. The number of carbonyl (C=O) groups excluding carboxylic acids is 3. The largest absolute Gasteiger partial charge is 0.462 e. The van der Waals surface area contributed by atoms with Gasteiger partial charge in [0.05, 0.1) is 0 Å². The van der Waals surface area contributed by atoms with Crippen molar-refractivity contribution in [2.75, 3.05) is 13.2 Å². The molecule has 0 aliphatic heterocycles. The van der Waals surface area contributed by atoms with Crippen LogP contribution in [0.4, 0.5) is 0 Å². The van der Waals surface area contributed by atoms with E-state index in [1.54, 1.807) is 0 Å². The fourth-order valence-corrected chi connectivity index (χ4v) is 8.21. The smallest absolute Gasteiger partial charge is 0.306 e. The molecule has 0 saturated heterocycles. The third-order valence-electron chi connectivity index (χ3n) is 12.6. The summed E-state index contributed by atoms with van der Waals surface area (Å²) in [5.41, 5.74) is 0. The molecule has 0 heterocycles. The Morgan fingerprint density at radius 2 is 0.586 bits per heavy atom. The van der Waals surface area contributed by atoms with Crippen LogP contribution < -0.4 is 0 Å². The van der Waals surface area contributed by atoms with E-state index < -0.39 is 6.10 Å². The van der Waals surface area contributed by atoms with E-state index in [1.807, 2.05) is 0 Å². The van der Waals surface area contributed by atoms with Crippen LogP contribution in [0.1, 0.15) is 284 Å². The van der Waals surface area contributed by atoms with Crippen molar-refractivity contribution >= 4 is 17.9 Å². The van der Waals surface area contributed by atoms with Gasteiger partial charge in [-0.15, -0.1) is 0 Å². The highest BCUT2D eigenvalue weighted by molar-refractivity contribution is 5.71. The van der Waals surface area contributed by atoms with Crippen LogP contribution in [-0.2, 0) is 28.6 Å². The Kier molecular flexibility index (Phi) is 55.3. The van der Waals surface area contributed by atoms with Crippen LogP contribution in [0.2, 0.25) is 0 Å². The molecule has 0 aromatic heterocycles. The molecule has 0 spiro atoms. The number of unbranched alkanes of at least 4 members (excludes halogenated alkanes) is 28. The van der Waals surface area contributed by atoms with Gasteiger partial charge in [0.15, 0.2) is 6.10 Å². The van der Waals surface area contributed by atoms with Crippen LogP contribution in [0.3, 0.4) is 0 Å². The molecule has 70 heavy (non-hydrogen) atoms. The molecule has 1 atom stereocenters. The van der Waals surface area contributed by atoms with Gasteiger partial charge >= 0.3 is 17.9 Å². The molecule has 0 aliphatic carbocycles. The summed E-state index contributed by atoms with van der Waals surface area (Å²) in [7, 11) is 0. The van der Waals surface area contributed by atoms with Gasteiger partial charge in [0.2, 0.25) is 0 Å². The molecule has 1 unspecified atom stereocenters. The predicted octanol–water partition coefficient (Wildman–Crippen LogP) is 19.9. The fraction of sp³-hybridized carbons (Fsp3) is 0.734. The molecule has 0 radical (unpaired) electrons. The molecule has 0 aromatic rings. The third-order valence-corrected chi connectivity index (χ3v) is 12.6. The highest BCUT2D eigenvalue weighted by Gasteiger charge is 2.19. The van der Waals surface area contributed by atoms with E-state index in [1.165, 1.54) is 122 Å². The fourth-order valence-electron chi connectivity index (χ4n) is 8.21. The Hall–Kier alpha value is -3.41. The molecule has 0 fully saturated rings. The van der Waals surface area contributed by atoms with E-state index in [4.69, 9.17) is 14.2 Å². The van der Waals surface area contributed by atoms with Gasteiger partial charge in [-0.3, -0.25) is 14.4 Å². The zero-order chi connectivity index (χ0) is 50.7. The van der Waals surface area contributed by atoms with E-state index in [2.05, 4.69) is 106 Å². The monoisotopic (exact) mass is 975 g/mol. The molecule has 0 aliphatic rings. The lowest BCUT2D eigenvalue weighted by Crippen LogP contribution is -2.30. The predicted molar refractivity (Wildman–Crippen MR) is 302 cm³/mol. The molecule has 0 N–H and O–H groups in total. The number of allylic oxidation sites excluding steroid dienone is 14. The van der Waals surface area contributed by atoms with Crippen LogP contribution >= 0.6 is 0 Å². The van der Waals surface area contributed by atoms with Crippen LogP contribution in [0.5, 0.6) is 0 Å². The summed E-state index contributed by atoms with van der Waals surface area (Å²) in [5, 5.41) is 0. The lowest BCUT2D eigenvalue weighted by molar-refractivity contribution is -0.167. The number of ether oxygens (including phenoxy) is 3. The van der Waals surface area contributed by atoms with Crippen molar-refractivity contribution < 1.29 is 28.6 Å². The maximum absolute atomic E-state index is 12.8. The van der Waals surface area contributed by atoms with Gasteiger partial charge in [-0.1, -0.05) is 260 Å². The summed E-state index contributed by atoms with van der Waals surface area (Å²) in [6, 6.07) is 0. The maximum atomic E-state index is 12.8. The third kappa shape index (κ3) is 55.5. The van der Waals surface area contributed by atoms with E-state index in [0.717, 1.165) is 122 Å². The van der Waals surface area contributed by atoms with Crippen molar-refractivity contribution in [1.29, 1.82) is 0 Å². The number of hydrogen-bond acceptors (Lipinski definition) is 6. The van der Waals surface area contributed by atoms with Crippen LogP contribution in [-0.4, -0.2) is 37.2 Å². The standard InChI is InChI=1S/C64H110O6/c1-4-7-10-13-16-19-22-24-26-28-29-30-31-32-33-34-35-37-38-40-42-45-48-51-54-57-63(66)69-60-61(59-68-62(65)56-53-50-47-44-21-18-15-12-9-6-3)70-64(67)58-55-52-49-46-43-41-39-36-27-25-23-20-17-14-11-8-5-2/h7,10,12,15-16,19,24,26,29-30,32-33,35,37,61H,4-6,8-9,11,13-14,17-18,20-23,25,27-28,31,34,36,38-60H2,1-3H3/b10-7-,15-12-,19-16-,26-24-,30-29-,33-32-,37-35-. The Labute approximate surface area is 433 Å². The van der Waals surface area contributed by atoms with Gasteiger partial charge < -0.3 is 14.2 Å². The van der Waals surface area contributed by atoms with E-state index in [-0.39, 0.29) is 31.1 Å². The molecule has 0 rings (SSSR count). The Bertz CT molecular complexity index is 1350.